The zero-order chi connectivity index (χ0) is 14.7. The summed E-state index contributed by atoms with van der Waals surface area (Å²) in [7, 11) is 1.35. The second-order valence-electron chi connectivity index (χ2n) is 3.74. The van der Waals surface area contributed by atoms with Crippen molar-refractivity contribution in [3.63, 3.8) is 0 Å². The smallest absolute Gasteiger partial charge is 0.332 e. The quantitative estimate of drug-likeness (QED) is 0.443. The maximum Gasteiger partial charge on any atom is 0.332 e. The van der Waals surface area contributed by atoms with E-state index in [0.717, 1.165) is 0 Å². The van der Waals surface area contributed by atoms with Crippen molar-refractivity contribution in [2.45, 2.75) is 32.3 Å². The molecular formula is C12H19ClO6. The van der Waals surface area contributed by atoms with Crippen molar-refractivity contribution in [3.05, 3.63) is 0 Å². The number of halogens is 1. The molecule has 0 N–H and O–H groups in total. The number of carbonyl (C=O) groups excluding carboxylic acids is 3. The molecular weight excluding hydrogens is 276 g/mol. The van der Waals surface area contributed by atoms with Gasteiger partial charge in [0.05, 0.1) is 13.0 Å². The van der Waals surface area contributed by atoms with Gasteiger partial charge in [-0.3, -0.25) is 9.59 Å². The summed E-state index contributed by atoms with van der Waals surface area (Å²) in [4.78, 5) is 34.1. The van der Waals surface area contributed by atoms with Crippen LogP contribution >= 0.6 is 11.6 Å². The molecule has 0 fully saturated rings. The summed E-state index contributed by atoms with van der Waals surface area (Å²) in [6.07, 6.45) is -0.876. The molecule has 0 rings (SSSR count). The molecule has 0 aromatic carbocycles. The molecule has 0 heterocycles. The molecule has 0 amide bonds. The van der Waals surface area contributed by atoms with Gasteiger partial charge in [-0.15, -0.1) is 11.6 Å². The van der Waals surface area contributed by atoms with Crippen LogP contribution in [-0.4, -0.2) is 50.0 Å². The number of ketones is 1. The molecule has 0 aliphatic carbocycles. The Morgan fingerprint density at radius 3 is 2.37 bits per heavy atom. The third-order valence-corrected chi connectivity index (χ3v) is 2.28. The fourth-order valence-corrected chi connectivity index (χ4v) is 1.57. The van der Waals surface area contributed by atoms with E-state index in [1.807, 2.05) is 0 Å². The Balaban J connectivity index is 4.40. The summed E-state index contributed by atoms with van der Waals surface area (Å²) < 4.78 is 14.4. The SMILES string of the molecule is CCOC(=O)CC(CC(=O)CCCl)OC(=O)COC. The first-order chi connectivity index (χ1) is 9.03. The van der Waals surface area contributed by atoms with Gasteiger partial charge in [0.1, 0.15) is 18.5 Å². The van der Waals surface area contributed by atoms with Crippen molar-refractivity contribution in [3.8, 4) is 0 Å². The fourth-order valence-electron chi connectivity index (χ4n) is 1.36. The van der Waals surface area contributed by atoms with Crippen molar-refractivity contribution < 1.29 is 28.6 Å². The molecule has 0 aliphatic heterocycles. The van der Waals surface area contributed by atoms with E-state index in [4.69, 9.17) is 21.1 Å². The first kappa shape index (κ1) is 17.9. The van der Waals surface area contributed by atoms with Crippen molar-refractivity contribution in [1.82, 2.24) is 0 Å². The molecule has 1 atom stereocenters. The van der Waals surface area contributed by atoms with Crippen LogP contribution < -0.4 is 0 Å². The lowest BCUT2D eigenvalue weighted by atomic mass is 10.1. The first-order valence-electron chi connectivity index (χ1n) is 5.95. The van der Waals surface area contributed by atoms with Crippen molar-refractivity contribution in [2.24, 2.45) is 0 Å². The molecule has 0 bridgehead atoms. The number of hydrogen-bond acceptors (Lipinski definition) is 6. The summed E-state index contributed by atoms with van der Waals surface area (Å²) in [5.74, 6) is -1.13. The molecule has 0 aromatic rings. The number of carbonyl (C=O) groups is 3. The number of methoxy groups -OCH3 is 1. The van der Waals surface area contributed by atoms with E-state index in [0.29, 0.717) is 0 Å². The van der Waals surface area contributed by atoms with Crippen LogP contribution in [0.3, 0.4) is 0 Å². The summed E-state index contributed by atoms with van der Waals surface area (Å²) in [6, 6.07) is 0. The fraction of sp³-hybridized carbons (Fsp3) is 0.750. The van der Waals surface area contributed by atoms with Gasteiger partial charge in [0, 0.05) is 25.8 Å². The Bertz CT molecular complexity index is 257. The highest BCUT2D eigenvalue weighted by atomic mass is 35.5. The second kappa shape index (κ2) is 10.8. The Morgan fingerprint density at radius 2 is 1.84 bits per heavy atom. The highest BCUT2D eigenvalue weighted by molar-refractivity contribution is 6.19. The summed E-state index contributed by atoms with van der Waals surface area (Å²) >= 11 is 5.45. The van der Waals surface area contributed by atoms with Gasteiger partial charge < -0.3 is 14.2 Å². The molecule has 0 spiro atoms. The lowest BCUT2D eigenvalue weighted by Crippen LogP contribution is -2.27. The van der Waals surface area contributed by atoms with Crippen LogP contribution in [0.4, 0.5) is 0 Å². The number of ether oxygens (including phenoxy) is 3. The second-order valence-corrected chi connectivity index (χ2v) is 4.11. The molecule has 110 valence electrons. The lowest BCUT2D eigenvalue weighted by Gasteiger charge is -2.16. The van der Waals surface area contributed by atoms with E-state index in [1.165, 1.54) is 7.11 Å². The highest BCUT2D eigenvalue weighted by Gasteiger charge is 2.22. The van der Waals surface area contributed by atoms with Gasteiger partial charge in [-0.05, 0) is 6.92 Å². The van der Waals surface area contributed by atoms with Gasteiger partial charge in [0.2, 0.25) is 0 Å². The maximum atomic E-state index is 11.5. The predicted molar refractivity (Wildman–Crippen MR) is 68.0 cm³/mol. The van der Waals surface area contributed by atoms with Gasteiger partial charge in [-0.25, -0.2) is 4.79 Å². The molecule has 0 radical (unpaired) electrons. The number of Topliss-reactive ketones (excluding diaryl/α,β-unsaturated/α-hetero) is 1. The zero-order valence-electron chi connectivity index (χ0n) is 11.1. The van der Waals surface area contributed by atoms with Gasteiger partial charge in [0.15, 0.2) is 0 Å². The van der Waals surface area contributed by atoms with E-state index in [2.05, 4.69) is 4.74 Å². The molecule has 7 heteroatoms. The average Bonchev–Trinajstić information content (AvgIpc) is 2.29. The van der Waals surface area contributed by atoms with Gasteiger partial charge in [0.25, 0.3) is 0 Å². The van der Waals surface area contributed by atoms with Crippen LogP contribution in [0.2, 0.25) is 0 Å². The largest absolute Gasteiger partial charge is 0.466 e. The molecule has 6 nitrogen and oxygen atoms in total. The molecule has 0 saturated heterocycles. The number of esters is 2. The van der Waals surface area contributed by atoms with Crippen LogP contribution in [0.1, 0.15) is 26.2 Å². The monoisotopic (exact) mass is 294 g/mol. The molecule has 0 saturated carbocycles. The predicted octanol–water partition coefficient (Wildman–Crippen LogP) is 1.09. The Kier molecular flexibility index (Phi) is 10.1. The standard InChI is InChI=1S/C12H19ClO6/c1-3-18-11(15)7-10(6-9(14)4-5-13)19-12(16)8-17-2/h10H,3-8H2,1-2H3. The third kappa shape index (κ3) is 9.44. The average molecular weight is 295 g/mol. The Labute approximate surface area is 117 Å². The highest BCUT2D eigenvalue weighted by Crippen LogP contribution is 2.09. The number of rotatable bonds is 10. The first-order valence-corrected chi connectivity index (χ1v) is 6.48. The topological polar surface area (TPSA) is 78.9 Å². The Hall–Kier alpha value is -1.14. The van der Waals surface area contributed by atoms with Crippen LogP contribution in [0, 0.1) is 0 Å². The van der Waals surface area contributed by atoms with E-state index in [1.54, 1.807) is 6.92 Å². The summed E-state index contributed by atoms with van der Waals surface area (Å²) in [6.45, 7) is 1.67. The molecule has 19 heavy (non-hydrogen) atoms. The van der Waals surface area contributed by atoms with E-state index >= 15 is 0 Å². The van der Waals surface area contributed by atoms with E-state index < -0.39 is 18.0 Å². The van der Waals surface area contributed by atoms with Crippen LogP contribution in [0.25, 0.3) is 0 Å². The van der Waals surface area contributed by atoms with Crippen LogP contribution in [0.15, 0.2) is 0 Å². The van der Waals surface area contributed by atoms with Gasteiger partial charge >= 0.3 is 11.9 Å². The lowest BCUT2D eigenvalue weighted by molar-refractivity contribution is -0.158. The van der Waals surface area contributed by atoms with Crippen molar-refractivity contribution in [2.75, 3.05) is 26.2 Å². The van der Waals surface area contributed by atoms with Crippen molar-refractivity contribution >= 4 is 29.3 Å². The zero-order valence-corrected chi connectivity index (χ0v) is 11.9. The normalized spacial score (nSPS) is 11.7. The minimum atomic E-state index is -0.836. The Morgan fingerprint density at radius 1 is 1.16 bits per heavy atom. The van der Waals surface area contributed by atoms with Crippen LogP contribution in [-0.2, 0) is 28.6 Å². The maximum absolute atomic E-state index is 11.5. The molecule has 0 aromatic heterocycles. The van der Waals surface area contributed by atoms with E-state index in [9.17, 15) is 14.4 Å². The number of alkyl halides is 1. The van der Waals surface area contributed by atoms with Gasteiger partial charge in [-0.2, -0.15) is 0 Å². The van der Waals surface area contributed by atoms with E-state index in [-0.39, 0.29) is 44.1 Å². The number of hydrogen-bond donors (Lipinski definition) is 0. The summed E-state index contributed by atoms with van der Waals surface area (Å²) in [5.41, 5.74) is 0. The molecule has 1 unspecified atom stereocenters. The summed E-state index contributed by atoms with van der Waals surface area (Å²) in [5, 5.41) is 0. The van der Waals surface area contributed by atoms with Gasteiger partial charge in [-0.1, -0.05) is 0 Å². The molecule has 0 aliphatic rings. The van der Waals surface area contributed by atoms with Crippen LogP contribution in [0.5, 0.6) is 0 Å². The minimum absolute atomic E-state index is 0.0546. The third-order valence-electron chi connectivity index (χ3n) is 2.09. The minimum Gasteiger partial charge on any atom is -0.466 e. The van der Waals surface area contributed by atoms with Crippen molar-refractivity contribution in [1.29, 1.82) is 0 Å².